The van der Waals surface area contributed by atoms with Crippen LogP contribution in [0.3, 0.4) is 0 Å². The molecule has 1 aliphatic carbocycles. The van der Waals surface area contributed by atoms with E-state index in [1.807, 2.05) is 6.92 Å². The third kappa shape index (κ3) is 3.47. The number of carbonyl (C=O) groups is 1. The highest BCUT2D eigenvalue weighted by Gasteiger charge is 2.41. The lowest BCUT2D eigenvalue weighted by atomic mass is 10.1. The normalized spacial score (nSPS) is 15.1. The van der Waals surface area contributed by atoms with Gasteiger partial charge in [-0.15, -0.1) is 0 Å². The van der Waals surface area contributed by atoms with Crippen molar-refractivity contribution in [1.29, 1.82) is 0 Å². The molecule has 9 heteroatoms. The number of nitrogens with zero attached hydrogens (tertiary/aromatic N) is 4. The second-order valence-corrected chi connectivity index (χ2v) is 6.45. The average molecular weight is 369 g/mol. The van der Waals surface area contributed by atoms with Crippen molar-refractivity contribution in [3.8, 4) is 0 Å². The van der Waals surface area contributed by atoms with Gasteiger partial charge in [-0.3, -0.25) is 14.2 Å². The molecule has 0 radical (unpaired) electrons. The van der Waals surface area contributed by atoms with Crippen LogP contribution in [0.25, 0.3) is 0 Å². The number of hydrogen-bond donors (Lipinski definition) is 1. The molecular weight excluding hydrogens is 347 g/mol. The summed E-state index contributed by atoms with van der Waals surface area (Å²) in [5, 5.41) is 10.7. The lowest BCUT2D eigenvalue weighted by molar-refractivity contribution is -0.142. The Hall–Kier alpha value is -2.32. The molecule has 0 saturated carbocycles. The summed E-state index contributed by atoms with van der Waals surface area (Å²) in [6.45, 7) is 4.51. The van der Waals surface area contributed by atoms with E-state index in [0.717, 1.165) is 13.0 Å². The van der Waals surface area contributed by atoms with Gasteiger partial charge < -0.3 is 5.32 Å². The minimum absolute atomic E-state index is 0.232. The largest absolute Gasteiger partial charge is 0.435 e. The van der Waals surface area contributed by atoms with Gasteiger partial charge in [-0.1, -0.05) is 13.8 Å². The summed E-state index contributed by atoms with van der Waals surface area (Å²) in [6, 6.07) is 0.879. The number of halogens is 3. The molecule has 0 saturated heterocycles. The highest BCUT2D eigenvalue weighted by atomic mass is 19.4. The van der Waals surface area contributed by atoms with Crippen LogP contribution in [0.2, 0.25) is 0 Å². The van der Waals surface area contributed by atoms with Crippen LogP contribution in [0.5, 0.6) is 0 Å². The minimum atomic E-state index is -4.51. The predicted octanol–water partition coefficient (Wildman–Crippen LogP) is 3.59. The van der Waals surface area contributed by atoms with E-state index in [9.17, 15) is 18.0 Å². The number of amides is 1. The van der Waals surface area contributed by atoms with Crippen LogP contribution >= 0.6 is 0 Å². The smallest absolute Gasteiger partial charge is 0.307 e. The summed E-state index contributed by atoms with van der Waals surface area (Å²) in [5.41, 5.74) is -0.102. The SMILES string of the molecule is CCCn1ccc(NC(=O)C(CC)n2nc(C(F)(F)F)c3c2CCC3)n1. The highest BCUT2D eigenvalue weighted by molar-refractivity contribution is 5.92. The van der Waals surface area contributed by atoms with E-state index < -0.39 is 23.8 Å². The maximum atomic E-state index is 13.3. The van der Waals surface area contributed by atoms with Crippen molar-refractivity contribution in [3.63, 3.8) is 0 Å². The van der Waals surface area contributed by atoms with Gasteiger partial charge in [-0.05, 0) is 32.1 Å². The summed E-state index contributed by atoms with van der Waals surface area (Å²) in [4.78, 5) is 12.7. The molecule has 1 unspecified atom stereocenters. The van der Waals surface area contributed by atoms with Crippen LogP contribution in [0.1, 0.15) is 56.1 Å². The molecule has 1 atom stereocenters. The molecule has 0 spiro atoms. The number of alkyl halides is 3. The Morgan fingerprint density at radius 2 is 2.08 bits per heavy atom. The fourth-order valence-electron chi connectivity index (χ4n) is 3.41. The van der Waals surface area contributed by atoms with E-state index in [-0.39, 0.29) is 5.56 Å². The fourth-order valence-corrected chi connectivity index (χ4v) is 3.41. The van der Waals surface area contributed by atoms with E-state index in [1.165, 1.54) is 4.68 Å². The molecule has 1 aliphatic rings. The maximum absolute atomic E-state index is 13.3. The Kier molecular flexibility index (Phi) is 5.06. The summed E-state index contributed by atoms with van der Waals surface area (Å²) in [6.07, 6.45) is 0.00668. The van der Waals surface area contributed by atoms with Gasteiger partial charge in [0.25, 0.3) is 0 Å². The predicted molar refractivity (Wildman–Crippen MR) is 89.7 cm³/mol. The molecule has 142 valence electrons. The summed E-state index contributed by atoms with van der Waals surface area (Å²) in [7, 11) is 0. The summed E-state index contributed by atoms with van der Waals surface area (Å²) < 4.78 is 42.8. The van der Waals surface area contributed by atoms with Crippen molar-refractivity contribution in [2.45, 2.75) is 64.7 Å². The molecule has 1 N–H and O–H groups in total. The lowest BCUT2D eigenvalue weighted by Gasteiger charge is -2.17. The number of aromatic nitrogens is 4. The molecule has 3 rings (SSSR count). The number of fused-ring (bicyclic) bond motifs is 1. The van der Waals surface area contributed by atoms with E-state index in [1.54, 1.807) is 23.9 Å². The van der Waals surface area contributed by atoms with Gasteiger partial charge in [0.15, 0.2) is 11.5 Å². The third-order valence-electron chi connectivity index (χ3n) is 4.56. The molecule has 0 aliphatic heterocycles. The second kappa shape index (κ2) is 7.13. The number of nitrogens with one attached hydrogen (secondary N) is 1. The van der Waals surface area contributed by atoms with Crippen molar-refractivity contribution >= 4 is 11.7 Å². The molecular formula is C17H22F3N5O. The first-order valence-electron chi connectivity index (χ1n) is 8.86. The van der Waals surface area contributed by atoms with E-state index in [2.05, 4.69) is 15.5 Å². The Labute approximate surface area is 149 Å². The number of anilines is 1. The third-order valence-corrected chi connectivity index (χ3v) is 4.56. The van der Waals surface area contributed by atoms with Crippen LogP contribution in [-0.4, -0.2) is 25.5 Å². The molecule has 0 bridgehead atoms. The first kappa shape index (κ1) is 18.5. The zero-order valence-electron chi connectivity index (χ0n) is 14.8. The lowest BCUT2D eigenvalue weighted by Crippen LogP contribution is -2.28. The minimum Gasteiger partial charge on any atom is -0.307 e. The van der Waals surface area contributed by atoms with Crippen molar-refractivity contribution in [2.24, 2.45) is 0 Å². The van der Waals surface area contributed by atoms with Crippen molar-refractivity contribution in [1.82, 2.24) is 19.6 Å². The molecule has 1 amide bonds. The zero-order chi connectivity index (χ0) is 18.9. The fraction of sp³-hybridized carbons (Fsp3) is 0.588. The maximum Gasteiger partial charge on any atom is 0.435 e. The van der Waals surface area contributed by atoms with Gasteiger partial charge in [0.2, 0.25) is 5.91 Å². The molecule has 6 nitrogen and oxygen atoms in total. The van der Waals surface area contributed by atoms with Crippen molar-refractivity contribution in [2.75, 3.05) is 5.32 Å². The first-order chi connectivity index (χ1) is 12.3. The van der Waals surface area contributed by atoms with Gasteiger partial charge in [-0.25, -0.2) is 0 Å². The highest BCUT2D eigenvalue weighted by Crippen LogP contribution is 2.37. The number of hydrogen-bond acceptors (Lipinski definition) is 3. The average Bonchev–Trinajstić information content (AvgIpc) is 3.25. The quantitative estimate of drug-likeness (QED) is 0.846. The van der Waals surface area contributed by atoms with E-state index >= 15 is 0 Å². The van der Waals surface area contributed by atoms with E-state index in [0.29, 0.717) is 37.2 Å². The Bertz CT molecular complexity index is 793. The van der Waals surface area contributed by atoms with E-state index in [4.69, 9.17) is 0 Å². The van der Waals surface area contributed by atoms with Gasteiger partial charge in [0.1, 0.15) is 6.04 Å². The van der Waals surface area contributed by atoms with Gasteiger partial charge in [-0.2, -0.15) is 23.4 Å². The van der Waals surface area contributed by atoms with Crippen LogP contribution in [-0.2, 0) is 30.4 Å². The topological polar surface area (TPSA) is 64.7 Å². The van der Waals surface area contributed by atoms with Gasteiger partial charge >= 0.3 is 6.18 Å². The molecule has 0 aromatic carbocycles. The molecule has 26 heavy (non-hydrogen) atoms. The molecule has 2 aromatic rings. The van der Waals surface area contributed by atoms with Crippen LogP contribution < -0.4 is 5.32 Å². The number of aryl methyl sites for hydroxylation is 1. The summed E-state index contributed by atoms with van der Waals surface area (Å²) in [5.74, 6) is -0.0121. The Balaban J connectivity index is 1.85. The van der Waals surface area contributed by atoms with Crippen molar-refractivity contribution < 1.29 is 18.0 Å². The van der Waals surface area contributed by atoms with Crippen LogP contribution in [0, 0.1) is 0 Å². The molecule has 2 heterocycles. The monoisotopic (exact) mass is 369 g/mol. The standard InChI is InChI=1S/C17H22F3N5O/c1-3-9-24-10-8-14(22-24)21-16(26)12(4-2)25-13-7-5-6-11(13)15(23-25)17(18,19)20/h8,10,12H,3-7,9H2,1-2H3,(H,21,22,26). The summed E-state index contributed by atoms with van der Waals surface area (Å²) >= 11 is 0. The number of rotatable bonds is 6. The van der Waals surface area contributed by atoms with Crippen molar-refractivity contribution in [3.05, 3.63) is 29.2 Å². The zero-order valence-corrected chi connectivity index (χ0v) is 14.8. The number of carbonyl (C=O) groups excluding carboxylic acids is 1. The second-order valence-electron chi connectivity index (χ2n) is 6.45. The van der Waals surface area contributed by atoms with Crippen LogP contribution in [0.15, 0.2) is 12.3 Å². The van der Waals surface area contributed by atoms with Gasteiger partial charge in [0.05, 0.1) is 0 Å². The molecule has 2 aromatic heterocycles. The molecule has 0 fully saturated rings. The van der Waals surface area contributed by atoms with Crippen LogP contribution in [0.4, 0.5) is 19.0 Å². The Morgan fingerprint density at radius 1 is 1.31 bits per heavy atom. The first-order valence-corrected chi connectivity index (χ1v) is 8.86. The Morgan fingerprint density at radius 3 is 2.73 bits per heavy atom. The van der Waals surface area contributed by atoms with Gasteiger partial charge in [0, 0.05) is 30.1 Å².